The smallest absolute Gasteiger partial charge is 0.157 e. The number of ether oxygens (including phenoxy) is 2. The Morgan fingerprint density at radius 1 is 1.09 bits per heavy atom. The van der Waals surface area contributed by atoms with Gasteiger partial charge in [-0.15, -0.1) is 0 Å². The van der Waals surface area contributed by atoms with Crippen LogP contribution in [0.2, 0.25) is 0 Å². The second kappa shape index (κ2) is 6.96. The van der Waals surface area contributed by atoms with Crippen molar-refractivity contribution in [3.63, 3.8) is 0 Å². The maximum absolute atomic E-state index is 13.6. The lowest BCUT2D eigenvalue weighted by Crippen LogP contribution is -2.02. The summed E-state index contributed by atoms with van der Waals surface area (Å²) >= 11 is 0. The van der Waals surface area contributed by atoms with Crippen LogP contribution in [0.4, 0.5) is 4.39 Å². The fraction of sp³-hybridized carbons (Fsp3) is 0.167. The van der Waals surface area contributed by atoms with E-state index in [0.29, 0.717) is 30.4 Å². The highest BCUT2D eigenvalue weighted by molar-refractivity contribution is 5.47. The van der Waals surface area contributed by atoms with Gasteiger partial charge in [-0.1, -0.05) is 30.3 Å². The van der Waals surface area contributed by atoms with E-state index in [1.807, 2.05) is 37.3 Å². The monoisotopic (exact) mass is 312 g/mol. The molecule has 0 unspecified atom stereocenters. The Kier molecular flexibility index (Phi) is 4.57. The molecule has 1 heterocycles. The first-order valence-corrected chi connectivity index (χ1v) is 7.40. The molecule has 3 rings (SSSR count). The number of hydrogen-bond acceptors (Lipinski definition) is 3. The van der Waals surface area contributed by atoms with Crippen LogP contribution in [0, 0.1) is 5.82 Å². The predicted molar refractivity (Wildman–Crippen MR) is 85.5 cm³/mol. The Hall–Kier alpha value is -2.82. The quantitative estimate of drug-likeness (QED) is 0.690. The minimum Gasteiger partial charge on any atom is -0.491 e. The average Bonchev–Trinajstić information content (AvgIpc) is 3.03. The van der Waals surface area contributed by atoms with Gasteiger partial charge in [0, 0.05) is 6.07 Å². The number of rotatable bonds is 6. The fourth-order valence-corrected chi connectivity index (χ4v) is 2.21. The van der Waals surface area contributed by atoms with Gasteiger partial charge >= 0.3 is 0 Å². The third-order valence-electron chi connectivity index (χ3n) is 3.28. The number of hydrogen-bond donors (Lipinski definition) is 0. The molecule has 4 nitrogen and oxygen atoms in total. The van der Waals surface area contributed by atoms with Crippen molar-refractivity contribution in [1.82, 2.24) is 9.78 Å². The summed E-state index contributed by atoms with van der Waals surface area (Å²) in [4.78, 5) is 0. The van der Waals surface area contributed by atoms with Gasteiger partial charge in [0.2, 0.25) is 0 Å². The highest BCUT2D eigenvalue weighted by Gasteiger charge is 2.10. The summed E-state index contributed by atoms with van der Waals surface area (Å²) in [5.74, 6) is 0.736. The van der Waals surface area contributed by atoms with Crippen molar-refractivity contribution in [2.45, 2.75) is 13.5 Å². The van der Waals surface area contributed by atoms with Crippen molar-refractivity contribution in [2.24, 2.45) is 0 Å². The lowest BCUT2D eigenvalue weighted by molar-refractivity contribution is 0.303. The van der Waals surface area contributed by atoms with Gasteiger partial charge in [0.15, 0.2) is 5.75 Å². The summed E-state index contributed by atoms with van der Waals surface area (Å²) in [5.41, 5.74) is 1.67. The molecule has 0 aliphatic heterocycles. The van der Waals surface area contributed by atoms with Gasteiger partial charge in [-0.2, -0.15) is 5.10 Å². The Morgan fingerprint density at radius 3 is 2.70 bits per heavy atom. The Morgan fingerprint density at radius 2 is 1.91 bits per heavy atom. The second-order valence-corrected chi connectivity index (χ2v) is 4.94. The van der Waals surface area contributed by atoms with Gasteiger partial charge in [0.25, 0.3) is 0 Å². The predicted octanol–water partition coefficient (Wildman–Crippen LogP) is 3.99. The molecule has 5 heteroatoms. The Bertz CT molecular complexity index is 772. The molecule has 2 aromatic carbocycles. The Balaban J connectivity index is 1.85. The Labute approximate surface area is 134 Å². The molecule has 0 N–H and O–H groups in total. The zero-order valence-electron chi connectivity index (χ0n) is 12.8. The number of nitrogens with zero attached hydrogens (tertiary/aromatic N) is 2. The standard InChI is InChI=1S/C18H17FN2O2/c1-2-22-16-11-20-21(12-16)17-9-8-15(19)10-18(17)23-13-14-6-4-3-5-7-14/h3-12H,2,13H2,1H3. The van der Waals surface area contributed by atoms with Crippen LogP contribution in [0.3, 0.4) is 0 Å². The van der Waals surface area contributed by atoms with Crippen LogP contribution < -0.4 is 9.47 Å². The SMILES string of the molecule is CCOc1cnn(-c2ccc(F)cc2OCc2ccccc2)c1. The maximum atomic E-state index is 13.6. The summed E-state index contributed by atoms with van der Waals surface area (Å²) < 4.78 is 26.4. The van der Waals surface area contributed by atoms with Gasteiger partial charge < -0.3 is 9.47 Å². The molecule has 0 fully saturated rings. The second-order valence-electron chi connectivity index (χ2n) is 4.94. The van der Waals surface area contributed by atoms with Gasteiger partial charge in [0.05, 0.1) is 19.0 Å². The van der Waals surface area contributed by atoms with Crippen molar-refractivity contribution >= 4 is 0 Å². The molecule has 0 aliphatic carbocycles. The van der Waals surface area contributed by atoms with Crippen LogP contribution in [0.1, 0.15) is 12.5 Å². The van der Waals surface area contributed by atoms with E-state index in [1.54, 1.807) is 23.1 Å². The van der Waals surface area contributed by atoms with Crippen molar-refractivity contribution in [3.8, 4) is 17.2 Å². The van der Waals surface area contributed by atoms with Crippen molar-refractivity contribution in [1.29, 1.82) is 0 Å². The minimum atomic E-state index is -0.353. The van der Waals surface area contributed by atoms with E-state index in [9.17, 15) is 4.39 Å². The highest BCUT2D eigenvalue weighted by Crippen LogP contribution is 2.26. The highest BCUT2D eigenvalue weighted by atomic mass is 19.1. The lowest BCUT2D eigenvalue weighted by Gasteiger charge is -2.11. The molecule has 23 heavy (non-hydrogen) atoms. The summed E-state index contributed by atoms with van der Waals surface area (Å²) in [6, 6.07) is 14.1. The normalized spacial score (nSPS) is 10.5. The molecule has 0 amide bonds. The van der Waals surface area contributed by atoms with E-state index >= 15 is 0 Å². The van der Waals surface area contributed by atoms with E-state index in [0.717, 1.165) is 5.56 Å². The average molecular weight is 312 g/mol. The van der Waals surface area contributed by atoms with Crippen LogP contribution in [0.5, 0.6) is 11.5 Å². The third kappa shape index (κ3) is 3.69. The van der Waals surface area contributed by atoms with E-state index < -0.39 is 0 Å². The molecular formula is C18H17FN2O2. The molecule has 118 valence electrons. The molecule has 0 bridgehead atoms. The first-order chi connectivity index (χ1) is 11.3. The van der Waals surface area contributed by atoms with E-state index in [2.05, 4.69) is 5.10 Å². The molecular weight excluding hydrogens is 295 g/mol. The molecule has 0 spiro atoms. The van der Waals surface area contributed by atoms with Crippen LogP contribution in [-0.2, 0) is 6.61 Å². The van der Waals surface area contributed by atoms with Crippen LogP contribution in [0.15, 0.2) is 60.9 Å². The van der Waals surface area contributed by atoms with E-state index in [1.165, 1.54) is 12.1 Å². The van der Waals surface area contributed by atoms with Crippen molar-refractivity contribution in [2.75, 3.05) is 6.61 Å². The van der Waals surface area contributed by atoms with E-state index in [4.69, 9.17) is 9.47 Å². The van der Waals surface area contributed by atoms with Gasteiger partial charge in [0.1, 0.15) is 23.9 Å². The van der Waals surface area contributed by atoms with Gasteiger partial charge in [-0.25, -0.2) is 9.07 Å². The molecule has 0 saturated carbocycles. The number of halogens is 1. The lowest BCUT2D eigenvalue weighted by atomic mass is 10.2. The first-order valence-electron chi connectivity index (χ1n) is 7.40. The number of aromatic nitrogens is 2. The van der Waals surface area contributed by atoms with Crippen LogP contribution in [-0.4, -0.2) is 16.4 Å². The molecule has 1 aromatic heterocycles. The maximum Gasteiger partial charge on any atom is 0.157 e. The van der Waals surface area contributed by atoms with Crippen molar-refractivity contribution < 1.29 is 13.9 Å². The zero-order chi connectivity index (χ0) is 16.1. The summed E-state index contributed by atoms with van der Waals surface area (Å²) in [7, 11) is 0. The molecule has 0 atom stereocenters. The molecule has 0 radical (unpaired) electrons. The largest absolute Gasteiger partial charge is 0.491 e. The third-order valence-corrected chi connectivity index (χ3v) is 3.28. The van der Waals surface area contributed by atoms with Crippen LogP contribution in [0.25, 0.3) is 5.69 Å². The van der Waals surface area contributed by atoms with Crippen molar-refractivity contribution in [3.05, 3.63) is 72.3 Å². The summed E-state index contributed by atoms with van der Waals surface area (Å²) in [6.07, 6.45) is 3.36. The van der Waals surface area contributed by atoms with Gasteiger partial charge in [-0.3, -0.25) is 0 Å². The molecule has 3 aromatic rings. The minimum absolute atomic E-state index is 0.353. The zero-order valence-corrected chi connectivity index (χ0v) is 12.8. The first kappa shape index (κ1) is 15.1. The fourth-order valence-electron chi connectivity index (χ4n) is 2.21. The summed E-state index contributed by atoms with van der Waals surface area (Å²) in [5, 5.41) is 4.24. The van der Waals surface area contributed by atoms with Gasteiger partial charge in [-0.05, 0) is 24.6 Å². The summed E-state index contributed by atoms with van der Waals surface area (Å²) in [6.45, 7) is 2.83. The molecule has 0 saturated heterocycles. The topological polar surface area (TPSA) is 36.3 Å². The molecule has 0 aliphatic rings. The number of benzene rings is 2. The van der Waals surface area contributed by atoms with Crippen LogP contribution >= 0.6 is 0 Å². The van der Waals surface area contributed by atoms with E-state index in [-0.39, 0.29) is 5.82 Å².